The van der Waals surface area contributed by atoms with Crippen molar-refractivity contribution in [2.24, 2.45) is 5.41 Å². The van der Waals surface area contributed by atoms with Crippen molar-refractivity contribution in [1.29, 1.82) is 0 Å². The van der Waals surface area contributed by atoms with Crippen LogP contribution in [0.25, 0.3) is 10.9 Å². The molecule has 0 aliphatic carbocycles. The number of piperidine rings is 1. The Morgan fingerprint density at radius 3 is 2.45 bits per heavy atom. The minimum absolute atomic E-state index is 0.0942. The van der Waals surface area contributed by atoms with E-state index in [0.717, 1.165) is 0 Å². The Balaban J connectivity index is 1.40. The van der Waals surface area contributed by atoms with E-state index in [1.54, 1.807) is 18.2 Å². The molecule has 0 spiro atoms. The summed E-state index contributed by atoms with van der Waals surface area (Å²) < 4.78 is 61.7. The Morgan fingerprint density at radius 2 is 1.82 bits per heavy atom. The number of methoxy groups -OCH3 is 1. The van der Waals surface area contributed by atoms with Gasteiger partial charge in [0.25, 0.3) is 0 Å². The molecule has 1 fully saturated rings. The highest BCUT2D eigenvalue weighted by Crippen LogP contribution is 2.41. The van der Waals surface area contributed by atoms with E-state index in [4.69, 9.17) is 4.74 Å². The van der Waals surface area contributed by atoms with Crippen LogP contribution in [-0.4, -0.2) is 53.4 Å². The summed E-state index contributed by atoms with van der Waals surface area (Å²) in [4.78, 5) is 6.32. The third-order valence-corrected chi connectivity index (χ3v) is 7.39. The molecule has 2 heterocycles. The Labute approximate surface area is 219 Å². The first-order valence-electron chi connectivity index (χ1n) is 12.5. The van der Waals surface area contributed by atoms with Gasteiger partial charge in [-0.05, 0) is 62.4 Å². The number of aliphatic hydroxyl groups is 2. The second-order valence-electron chi connectivity index (χ2n) is 9.72. The zero-order valence-corrected chi connectivity index (χ0v) is 21.1. The Hall–Kier alpha value is -3.19. The minimum Gasteiger partial charge on any atom is -0.497 e. The second-order valence-corrected chi connectivity index (χ2v) is 9.72. The highest BCUT2D eigenvalue weighted by atomic mass is 19.1. The molecule has 1 atom stereocenters. The summed E-state index contributed by atoms with van der Waals surface area (Å²) in [5, 5.41) is 20.6. The molecule has 2 N–H and O–H groups in total. The average molecular weight is 531 g/mol. The SMILES string of the molecule is COc1ccc2ncc(CO)c(C(F)CCC3(CO)CCN(CC#Cc4c(F)cc(F)cc4F)CC3)c2c1. The van der Waals surface area contributed by atoms with Crippen molar-refractivity contribution in [3.05, 3.63) is 70.7 Å². The van der Waals surface area contributed by atoms with Crippen molar-refractivity contribution in [1.82, 2.24) is 9.88 Å². The van der Waals surface area contributed by atoms with Gasteiger partial charge in [0.15, 0.2) is 0 Å². The standard InChI is InChI=1S/C29H30F4N2O3/c1-38-21-4-5-27-23(15-21)28(19(17-36)16-34-27)24(31)6-7-29(18-37)8-11-35(12-9-29)10-2-3-22-25(32)13-20(30)14-26(22)33/h4-5,13-16,24,36-37H,6-12,17-18H2,1H3. The lowest BCUT2D eigenvalue weighted by Crippen LogP contribution is -2.42. The number of benzene rings is 2. The number of ether oxygens (including phenoxy) is 1. The van der Waals surface area contributed by atoms with E-state index in [1.165, 1.54) is 13.3 Å². The van der Waals surface area contributed by atoms with Crippen molar-refractivity contribution in [2.45, 2.75) is 38.5 Å². The number of fused-ring (bicyclic) bond motifs is 1. The van der Waals surface area contributed by atoms with E-state index in [2.05, 4.69) is 16.8 Å². The van der Waals surface area contributed by atoms with Crippen LogP contribution in [0.1, 0.15) is 48.5 Å². The molecule has 5 nitrogen and oxygen atoms in total. The first kappa shape index (κ1) is 27.8. The van der Waals surface area contributed by atoms with Crippen molar-refractivity contribution in [3.8, 4) is 17.6 Å². The van der Waals surface area contributed by atoms with Crippen LogP contribution in [0, 0.1) is 34.7 Å². The number of alkyl halides is 1. The van der Waals surface area contributed by atoms with E-state index in [1.807, 2.05) is 4.90 Å². The highest BCUT2D eigenvalue weighted by Gasteiger charge is 2.35. The summed E-state index contributed by atoms with van der Waals surface area (Å²) in [6.07, 6.45) is 1.93. The number of rotatable bonds is 8. The Bertz CT molecular complexity index is 1320. The molecule has 0 radical (unpaired) electrons. The predicted octanol–water partition coefficient (Wildman–Crippen LogP) is 5.07. The summed E-state index contributed by atoms with van der Waals surface area (Å²) >= 11 is 0. The molecule has 2 aromatic carbocycles. The summed E-state index contributed by atoms with van der Waals surface area (Å²) in [7, 11) is 1.53. The molecule has 1 aromatic heterocycles. The third-order valence-electron chi connectivity index (χ3n) is 7.39. The maximum atomic E-state index is 15.7. The summed E-state index contributed by atoms with van der Waals surface area (Å²) in [5.41, 5.74) is 0.470. The van der Waals surface area contributed by atoms with Crippen LogP contribution in [0.15, 0.2) is 36.5 Å². The van der Waals surface area contributed by atoms with Crippen LogP contribution >= 0.6 is 0 Å². The summed E-state index contributed by atoms with van der Waals surface area (Å²) in [5.74, 6) is 2.66. The fraction of sp³-hybridized carbons (Fsp3) is 0.414. The molecule has 1 saturated heterocycles. The largest absolute Gasteiger partial charge is 0.497 e. The van der Waals surface area contributed by atoms with Gasteiger partial charge < -0.3 is 14.9 Å². The Kier molecular flexibility index (Phi) is 8.87. The third kappa shape index (κ3) is 6.09. The Morgan fingerprint density at radius 1 is 1.11 bits per heavy atom. The fourth-order valence-electron chi connectivity index (χ4n) is 5.01. The molecule has 1 aliphatic rings. The highest BCUT2D eigenvalue weighted by molar-refractivity contribution is 5.85. The summed E-state index contributed by atoms with van der Waals surface area (Å²) in [6, 6.07) is 6.40. The predicted molar refractivity (Wildman–Crippen MR) is 136 cm³/mol. The van der Waals surface area contributed by atoms with Crippen LogP contribution in [-0.2, 0) is 6.61 Å². The number of aliphatic hydroxyl groups excluding tert-OH is 2. The van der Waals surface area contributed by atoms with Gasteiger partial charge in [0.05, 0.1) is 31.3 Å². The second kappa shape index (κ2) is 12.1. The van der Waals surface area contributed by atoms with Gasteiger partial charge in [-0.2, -0.15) is 0 Å². The van der Waals surface area contributed by atoms with Gasteiger partial charge in [-0.1, -0.05) is 11.8 Å². The van der Waals surface area contributed by atoms with Crippen molar-refractivity contribution < 1.29 is 32.5 Å². The fourth-order valence-corrected chi connectivity index (χ4v) is 5.01. The van der Waals surface area contributed by atoms with E-state index in [-0.39, 0.29) is 26.2 Å². The number of hydrogen-bond donors (Lipinski definition) is 2. The summed E-state index contributed by atoms with van der Waals surface area (Å²) in [6.45, 7) is 0.982. The normalized spacial score (nSPS) is 16.2. The lowest BCUT2D eigenvalue weighted by atomic mass is 9.74. The molecule has 9 heteroatoms. The topological polar surface area (TPSA) is 65.8 Å². The van der Waals surface area contributed by atoms with Gasteiger partial charge >= 0.3 is 0 Å². The van der Waals surface area contributed by atoms with Gasteiger partial charge in [0.2, 0.25) is 0 Å². The number of hydrogen-bond acceptors (Lipinski definition) is 5. The number of likely N-dealkylation sites (tertiary alicyclic amines) is 1. The van der Waals surface area contributed by atoms with Gasteiger partial charge in [-0.3, -0.25) is 9.88 Å². The average Bonchev–Trinajstić information content (AvgIpc) is 2.92. The molecule has 1 aliphatic heterocycles. The van der Waals surface area contributed by atoms with E-state index in [0.29, 0.717) is 72.3 Å². The molecule has 0 amide bonds. The van der Waals surface area contributed by atoms with E-state index < -0.39 is 34.6 Å². The minimum atomic E-state index is -1.37. The van der Waals surface area contributed by atoms with Crippen LogP contribution < -0.4 is 4.74 Å². The molecule has 3 aromatic rings. The number of aromatic nitrogens is 1. The molecule has 0 saturated carbocycles. The molecule has 1 unspecified atom stereocenters. The van der Waals surface area contributed by atoms with Gasteiger partial charge in [-0.15, -0.1) is 0 Å². The maximum Gasteiger partial charge on any atom is 0.144 e. The van der Waals surface area contributed by atoms with Gasteiger partial charge in [-0.25, -0.2) is 17.6 Å². The van der Waals surface area contributed by atoms with Gasteiger partial charge in [0, 0.05) is 41.4 Å². The molecule has 202 valence electrons. The molecular weight excluding hydrogens is 500 g/mol. The number of halogens is 4. The lowest BCUT2D eigenvalue weighted by Gasteiger charge is -2.40. The van der Waals surface area contributed by atoms with Crippen molar-refractivity contribution in [3.63, 3.8) is 0 Å². The van der Waals surface area contributed by atoms with E-state index >= 15 is 4.39 Å². The van der Waals surface area contributed by atoms with Crippen LogP contribution in [0.3, 0.4) is 0 Å². The molecular formula is C29H30F4N2O3. The van der Waals surface area contributed by atoms with Crippen molar-refractivity contribution >= 4 is 10.9 Å². The lowest BCUT2D eigenvalue weighted by molar-refractivity contribution is 0.0343. The molecule has 0 bridgehead atoms. The zero-order valence-electron chi connectivity index (χ0n) is 21.1. The van der Waals surface area contributed by atoms with Crippen molar-refractivity contribution in [2.75, 3.05) is 33.4 Å². The smallest absolute Gasteiger partial charge is 0.144 e. The van der Waals surface area contributed by atoms with Crippen LogP contribution in [0.5, 0.6) is 5.75 Å². The van der Waals surface area contributed by atoms with Crippen LogP contribution in [0.2, 0.25) is 0 Å². The van der Waals surface area contributed by atoms with Crippen LogP contribution in [0.4, 0.5) is 17.6 Å². The maximum absolute atomic E-state index is 15.7. The monoisotopic (exact) mass is 530 g/mol. The number of nitrogens with zero attached hydrogens (tertiary/aromatic N) is 2. The van der Waals surface area contributed by atoms with E-state index in [9.17, 15) is 23.4 Å². The first-order chi connectivity index (χ1) is 18.3. The van der Waals surface area contributed by atoms with Gasteiger partial charge in [0.1, 0.15) is 29.4 Å². The number of pyridine rings is 1. The quantitative estimate of drug-likeness (QED) is 0.315. The molecule has 38 heavy (non-hydrogen) atoms. The zero-order chi connectivity index (χ0) is 27.3. The first-order valence-corrected chi connectivity index (χ1v) is 12.5. The molecule has 4 rings (SSSR count).